The highest BCUT2D eigenvalue weighted by Crippen LogP contribution is 2.27. The molecule has 19 heavy (non-hydrogen) atoms. The molecular weight excluding hydrogens is 249 g/mol. The fraction of sp³-hybridized carbons (Fsp3) is 0.286. The summed E-state index contributed by atoms with van der Waals surface area (Å²) in [4.78, 5) is 11.9. The standard InChI is InChI=1S/C14H14FNO3/c1-4-18-14(17)12-9(3)19-16-13(12)10-6-5-8(2)11(15)7-10/h5-7H,4H2,1-3H3. The van der Waals surface area contributed by atoms with Crippen LogP contribution in [0.5, 0.6) is 0 Å². The number of rotatable bonds is 3. The van der Waals surface area contributed by atoms with E-state index >= 15 is 0 Å². The number of ether oxygens (including phenoxy) is 1. The van der Waals surface area contributed by atoms with Crippen LogP contribution in [-0.4, -0.2) is 17.7 Å². The fourth-order valence-electron chi connectivity index (χ4n) is 1.75. The van der Waals surface area contributed by atoms with Crippen molar-refractivity contribution in [2.75, 3.05) is 6.61 Å². The Kier molecular flexibility index (Phi) is 3.64. The molecule has 0 saturated heterocycles. The van der Waals surface area contributed by atoms with Crippen molar-refractivity contribution in [1.82, 2.24) is 5.16 Å². The molecule has 0 aliphatic carbocycles. The first-order valence-electron chi connectivity index (χ1n) is 5.94. The number of nitrogens with zero attached hydrogens (tertiary/aromatic N) is 1. The van der Waals surface area contributed by atoms with Crippen molar-refractivity contribution < 1.29 is 18.4 Å². The van der Waals surface area contributed by atoms with Crippen molar-refractivity contribution in [1.29, 1.82) is 0 Å². The first-order chi connectivity index (χ1) is 9.04. The highest BCUT2D eigenvalue weighted by molar-refractivity contribution is 5.97. The summed E-state index contributed by atoms with van der Waals surface area (Å²) in [5.74, 6) is -0.514. The smallest absolute Gasteiger partial charge is 0.344 e. The minimum Gasteiger partial charge on any atom is -0.462 e. The number of carbonyl (C=O) groups is 1. The first kappa shape index (κ1) is 13.3. The highest BCUT2D eigenvalue weighted by Gasteiger charge is 2.23. The molecule has 4 nitrogen and oxygen atoms in total. The monoisotopic (exact) mass is 263 g/mol. The largest absolute Gasteiger partial charge is 0.462 e. The maximum absolute atomic E-state index is 13.6. The molecule has 2 aromatic rings. The number of hydrogen-bond donors (Lipinski definition) is 0. The van der Waals surface area contributed by atoms with Crippen molar-refractivity contribution >= 4 is 5.97 Å². The molecule has 0 atom stereocenters. The zero-order valence-electron chi connectivity index (χ0n) is 11.0. The van der Waals surface area contributed by atoms with Crippen molar-refractivity contribution in [2.45, 2.75) is 20.8 Å². The van der Waals surface area contributed by atoms with Gasteiger partial charge in [0.25, 0.3) is 0 Å². The van der Waals surface area contributed by atoms with Crippen LogP contribution in [0.25, 0.3) is 11.3 Å². The van der Waals surface area contributed by atoms with E-state index in [1.807, 2.05) is 0 Å². The molecule has 0 fully saturated rings. The Hall–Kier alpha value is -2.17. The van der Waals surface area contributed by atoms with Crippen LogP contribution in [0.2, 0.25) is 0 Å². The summed E-state index contributed by atoms with van der Waals surface area (Å²) in [5.41, 5.74) is 1.56. The van der Waals surface area contributed by atoms with Gasteiger partial charge in [-0.2, -0.15) is 0 Å². The molecule has 5 heteroatoms. The molecule has 0 saturated carbocycles. The molecule has 2 rings (SSSR count). The van der Waals surface area contributed by atoms with Gasteiger partial charge in [0.15, 0.2) is 0 Å². The van der Waals surface area contributed by atoms with Crippen molar-refractivity contribution in [3.63, 3.8) is 0 Å². The van der Waals surface area contributed by atoms with Crippen molar-refractivity contribution in [3.05, 3.63) is 40.9 Å². The Balaban J connectivity index is 2.50. The van der Waals surface area contributed by atoms with E-state index in [-0.39, 0.29) is 18.0 Å². The van der Waals surface area contributed by atoms with E-state index in [1.54, 1.807) is 32.9 Å². The van der Waals surface area contributed by atoms with Crippen LogP contribution >= 0.6 is 0 Å². The molecule has 1 heterocycles. The lowest BCUT2D eigenvalue weighted by Gasteiger charge is -2.03. The van der Waals surface area contributed by atoms with E-state index in [0.717, 1.165) is 0 Å². The van der Waals surface area contributed by atoms with Gasteiger partial charge in [-0.3, -0.25) is 0 Å². The van der Waals surface area contributed by atoms with Gasteiger partial charge in [0.1, 0.15) is 22.8 Å². The van der Waals surface area contributed by atoms with Gasteiger partial charge in [-0.15, -0.1) is 0 Å². The minimum absolute atomic E-state index is 0.241. The number of carbonyl (C=O) groups excluding carboxylic acids is 1. The second-order valence-corrected chi connectivity index (χ2v) is 4.15. The van der Waals surface area contributed by atoms with Crippen LogP contribution in [0.15, 0.2) is 22.7 Å². The number of aryl methyl sites for hydroxylation is 2. The second kappa shape index (κ2) is 5.22. The second-order valence-electron chi connectivity index (χ2n) is 4.15. The van der Waals surface area contributed by atoms with Gasteiger partial charge in [-0.05, 0) is 32.4 Å². The summed E-state index contributed by atoms with van der Waals surface area (Å²) in [6.07, 6.45) is 0. The van der Waals surface area contributed by atoms with E-state index in [4.69, 9.17) is 9.26 Å². The summed E-state index contributed by atoms with van der Waals surface area (Å²) in [6.45, 7) is 5.25. The van der Waals surface area contributed by atoms with Crippen LogP contribution in [0, 0.1) is 19.7 Å². The summed E-state index contributed by atoms with van der Waals surface area (Å²) in [5, 5.41) is 3.82. The van der Waals surface area contributed by atoms with Gasteiger partial charge < -0.3 is 9.26 Å². The minimum atomic E-state index is -0.516. The van der Waals surface area contributed by atoms with E-state index in [1.165, 1.54) is 6.07 Å². The lowest BCUT2D eigenvalue weighted by Crippen LogP contribution is -2.06. The number of hydrogen-bond acceptors (Lipinski definition) is 4. The normalized spacial score (nSPS) is 10.5. The van der Waals surface area contributed by atoms with Crippen LogP contribution in [0.1, 0.15) is 28.6 Å². The Bertz CT molecular complexity index is 619. The zero-order chi connectivity index (χ0) is 14.0. The molecule has 0 radical (unpaired) electrons. The molecule has 1 aromatic carbocycles. The Morgan fingerprint density at radius 3 is 2.79 bits per heavy atom. The summed E-state index contributed by atoms with van der Waals surface area (Å²) in [6, 6.07) is 4.65. The molecule has 0 N–H and O–H groups in total. The Morgan fingerprint density at radius 1 is 1.42 bits per heavy atom. The van der Waals surface area contributed by atoms with E-state index in [2.05, 4.69) is 5.16 Å². The first-order valence-corrected chi connectivity index (χ1v) is 5.94. The molecule has 0 aliphatic rings. The van der Waals surface area contributed by atoms with E-state index in [9.17, 15) is 9.18 Å². The SMILES string of the molecule is CCOC(=O)c1c(-c2ccc(C)c(F)c2)noc1C. The van der Waals surface area contributed by atoms with Gasteiger partial charge in [-0.25, -0.2) is 9.18 Å². The average molecular weight is 263 g/mol. The quantitative estimate of drug-likeness (QED) is 0.797. The van der Waals surface area contributed by atoms with Crippen LogP contribution in [0.3, 0.4) is 0 Å². The summed E-state index contributed by atoms with van der Waals surface area (Å²) < 4.78 is 23.5. The van der Waals surface area contributed by atoms with E-state index < -0.39 is 5.97 Å². The Labute approximate surface area is 110 Å². The molecule has 0 bridgehead atoms. The predicted molar refractivity (Wildman–Crippen MR) is 67.3 cm³/mol. The number of esters is 1. The highest BCUT2D eigenvalue weighted by atomic mass is 19.1. The predicted octanol–water partition coefficient (Wildman–Crippen LogP) is 3.27. The van der Waals surface area contributed by atoms with Gasteiger partial charge in [-0.1, -0.05) is 17.3 Å². The van der Waals surface area contributed by atoms with Gasteiger partial charge in [0.05, 0.1) is 6.61 Å². The molecular formula is C14H14FNO3. The van der Waals surface area contributed by atoms with Crippen LogP contribution in [0.4, 0.5) is 4.39 Å². The van der Waals surface area contributed by atoms with Crippen molar-refractivity contribution in [2.24, 2.45) is 0 Å². The van der Waals surface area contributed by atoms with Gasteiger partial charge >= 0.3 is 5.97 Å². The number of halogens is 1. The number of benzene rings is 1. The summed E-state index contributed by atoms with van der Waals surface area (Å²) in [7, 11) is 0. The molecule has 0 aliphatic heterocycles. The topological polar surface area (TPSA) is 52.3 Å². The third-order valence-electron chi connectivity index (χ3n) is 2.79. The van der Waals surface area contributed by atoms with E-state index in [0.29, 0.717) is 22.6 Å². The zero-order valence-corrected chi connectivity index (χ0v) is 11.0. The lowest BCUT2D eigenvalue weighted by atomic mass is 10.0. The molecule has 0 spiro atoms. The molecule has 1 aromatic heterocycles. The van der Waals surface area contributed by atoms with Gasteiger partial charge in [0.2, 0.25) is 0 Å². The maximum Gasteiger partial charge on any atom is 0.344 e. The van der Waals surface area contributed by atoms with Gasteiger partial charge in [0, 0.05) is 5.56 Å². The maximum atomic E-state index is 13.6. The lowest BCUT2D eigenvalue weighted by molar-refractivity contribution is 0.0525. The van der Waals surface area contributed by atoms with Crippen LogP contribution in [-0.2, 0) is 4.74 Å². The number of aromatic nitrogens is 1. The van der Waals surface area contributed by atoms with Crippen LogP contribution < -0.4 is 0 Å². The third kappa shape index (κ3) is 2.50. The molecule has 100 valence electrons. The fourth-order valence-corrected chi connectivity index (χ4v) is 1.75. The third-order valence-corrected chi connectivity index (χ3v) is 2.79. The molecule has 0 amide bonds. The molecule has 0 unspecified atom stereocenters. The average Bonchev–Trinajstić information content (AvgIpc) is 2.75. The van der Waals surface area contributed by atoms with Crippen molar-refractivity contribution in [3.8, 4) is 11.3 Å². The Morgan fingerprint density at radius 2 is 2.16 bits per heavy atom. The summed E-state index contributed by atoms with van der Waals surface area (Å²) >= 11 is 0.